The van der Waals surface area contributed by atoms with E-state index in [1.54, 1.807) is 0 Å². The van der Waals surface area contributed by atoms with Gasteiger partial charge in [0.2, 0.25) is 0 Å². The molecule has 1 rings (SSSR count). The van der Waals surface area contributed by atoms with Gasteiger partial charge in [-0.25, -0.2) is 9.59 Å². The monoisotopic (exact) mass is 358 g/mol. The van der Waals surface area contributed by atoms with Gasteiger partial charge in [0.15, 0.2) is 0 Å². The van der Waals surface area contributed by atoms with Gasteiger partial charge in [-0.3, -0.25) is 0 Å². The van der Waals surface area contributed by atoms with Gasteiger partial charge in [-0.1, -0.05) is 0 Å². The Kier molecular flexibility index (Phi) is 8.48. The van der Waals surface area contributed by atoms with Crippen molar-refractivity contribution in [2.24, 2.45) is 0 Å². The first kappa shape index (κ1) is 22.4. The fraction of sp³-hybridized carbons (Fsp3) is 0.857. The highest BCUT2D eigenvalue weighted by Crippen LogP contribution is 2.21. The van der Waals surface area contributed by atoms with Crippen molar-refractivity contribution in [3.8, 4) is 0 Å². The topological polar surface area (TPSA) is 108 Å². The van der Waals surface area contributed by atoms with Gasteiger partial charge in [0.1, 0.15) is 5.60 Å². The van der Waals surface area contributed by atoms with Gasteiger partial charge < -0.3 is 25.6 Å². The van der Waals surface area contributed by atoms with E-state index in [9.17, 15) is 23.1 Å². The SMILES string of the molecule is CC(C)(C)OC(=O)NCCC1(O)CCNCC1.O=C(O)C(F)(F)F. The smallest absolute Gasteiger partial charge is 0.475 e. The molecule has 1 fully saturated rings. The molecule has 0 aromatic carbocycles. The molecule has 0 spiro atoms. The van der Waals surface area contributed by atoms with Gasteiger partial charge in [-0.15, -0.1) is 0 Å². The summed E-state index contributed by atoms with van der Waals surface area (Å²) in [5, 5.41) is 23.2. The number of ether oxygens (including phenoxy) is 1. The minimum Gasteiger partial charge on any atom is -0.475 e. The van der Waals surface area contributed by atoms with E-state index in [2.05, 4.69) is 10.6 Å². The second-order valence-electron chi connectivity index (χ2n) is 6.46. The van der Waals surface area contributed by atoms with Crippen LogP contribution in [0.3, 0.4) is 0 Å². The molecule has 0 aliphatic carbocycles. The molecule has 1 saturated heterocycles. The van der Waals surface area contributed by atoms with Crippen molar-refractivity contribution >= 4 is 12.1 Å². The maximum atomic E-state index is 11.4. The van der Waals surface area contributed by atoms with E-state index >= 15 is 0 Å². The van der Waals surface area contributed by atoms with E-state index in [1.807, 2.05) is 20.8 Å². The summed E-state index contributed by atoms with van der Waals surface area (Å²) in [7, 11) is 0. The van der Waals surface area contributed by atoms with Crippen LogP contribution < -0.4 is 10.6 Å². The number of carboxylic acid groups (broad SMARTS) is 1. The molecule has 0 saturated carbocycles. The molecule has 0 atom stereocenters. The van der Waals surface area contributed by atoms with E-state index in [0.717, 1.165) is 25.9 Å². The highest BCUT2D eigenvalue weighted by molar-refractivity contribution is 5.73. The summed E-state index contributed by atoms with van der Waals surface area (Å²) in [5.74, 6) is -2.76. The molecule has 24 heavy (non-hydrogen) atoms. The van der Waals surface area contributed by atoms with E-state index in [4.69, 9.17) is 14.6 Å². The summed E-state index contributed by atoms with van der Waals surface area (Å²) >= 11 is 0. The van der Waals surface area contributed by atoms with Crippen molar-refractivity contribution in [2.75, 3.05) is 19.6 Å². The number of hydrogen-bond donors (Lipinski definition) is 4. The first-order valence-corrected chi connectivity index (χ1v) is 7.45. The number of nitrogens with one attached hydrogen (secondary N) is 2. The van der Waals surface area contributed by atoms with Crippen LogP contribution in [0.15, 0.2) is 0 Å². The number of carbonyl (C=O) groups is 2. The molecule has 1 aliphatic heterocycles. The summed E-state index contributed by atoms with van der Waals surface area (Å²) in [6.07, 6.45) is -3.45. The molecule has 1 heterocycles. The highest BCUT2D eigenvalue weighted by atomic mass is 19.4. The number of carboxylic acids is 1. The van der Waals surface area contributed by atoms with E-state index in [0.29, 0.717) is 13.0 Å². The van der Waals surface area contributed by atoms with E-state index in [1.165, 1.54) is 0 Å². The van der Waals surface area contributed by atoms with Crippen LogP contribution in [-0.2, 0) is 9.53 Å². The molecule has 0 radical (unpaired) electrons. The zero-order valence-electron chi connectivity index (χ0n) is 14.0. The predicted octanol–water partition coefficient (Wildman–Crippen LogP) is 1.65. The molecule has 0 bridgehead atoms. The molecule has 10 heteroatoms. The Balaban J connectivity index is 0.000000640. The number of aliphatic hydroxyl groups is 1. The lowest BCUT2D eigenvalue weighted by atomic mass is 9.89. The molecular weight excluding hydrogens is 333 g/mol. The van der Waals surface area contributed by atoms with E-state index < -0.39 is 29.4 Å². The predicted molar refractivity (Wildman–Crippen MR) is 79.6 cm³/mol. The van der Waals surface area contributed by atoms with Crippen LogP contribution in [0.1, 0.15) is 40.0 Å². The van der Waals surface area contributed by atoms with Crippen LogP contribution >= 0.6 is 0 Å². The number of piperidine rings is 1. The lowest BCUT2D eigenvalue weighted by molar-refractivity contribution is -0.192. The lowest BCUT2D eigenvalue weighted by Crippen LogP contribution is -2.44. The lowest BCUT2D eigenvalue weighted by Gasteiger charge is -2.32. The molecular formula is C14H25F3N2O5. The van der Waals surface area contributed by atoms with Crippen LogP contribution in [0.5, 0.6) is 0 Å². The molecule has 142 valence electrons. The molecule has 0 unspecified atom stereocenters. The number of amides is 1. The standard InChI is InChI=1S/C12H24N2O3.C2HF3O2/c1-11(2,3)17-10(15)14-9-6-12(16)4-7-13-8-5-12;3-2(4,5)1(6)7/h13,16H,4-9H2,1-3H3,(H,14,15);(H,6,7). The van der Waals surface area contributed by atoms with Crippen LogP contribution in [0.25, 0.3) is 0 Å². The summed E-state index contributed by atoms with van der Waals surface area (Å²) in [6, 6.07) is 0. The van der Waals surface area contributed by atoms with Gasteiger partial charge in [0.05, 0.1) is 5.60 Å². The highest BCUT2D eigenvalue weighted by Gasteiger charge is 2.38. The average molecular weight is 358 g/mol. The number of alkyl carbamates (subject to hydrolysis) is 1. The zero-order chi connectivity index (χ0) is 19.0. The van der Waals surface area contributed by atoms with Crippen LogP contribution in [0.2, 0.25) is 0 Å². The minimum atomic E-state index is -5.08. The number of alkyl halides is 3. The van der Waals surface area contributed by atoms with Crippen molar-refractivity contribution in [1.82, 2.24) is 10.6 Å². The van der Waals surface area contributed by atoms with Crippen molar-refractivity contribution in [1.29, 1.82) is 0 Å². The third-order valence-corrected chi connectivity index (χ3v) is 3.04. The third-order valence-electron chi connectivity index (χ3n) is 3.04. The fourth-order valence-electron chi connectivity index (χ4n) is 1.85. The number of hydrogen-bond acceptors (Lipinski definition) is 5. The first-order valence-electron chi connectivity index (χ1n) is 7.45. The second kappa shape index (κ2) is 9.07. The summed E-state index contributed by atoms with van der Waals surface area (Å²) in [6.45, 7) is 7.60. The maximum Gasteiger partial charge on any atom is 0.490 e. The zero-order valence-corrected chi connectivity index (χ0v) is 14.0. The van der Waals surface area contributed by atoms with Crippen LogP contribution in [0, 0.1) is 0 Å². The number of rotatable bonds is 3. The normalized spacial score (nSPS) is 17.3. The Hall–Kier alpha value is -1.55. The Bertz CT molecular complexity index is 416. The van der Waals surface area contributed by atoms with Crippen molar-refractivity contribution in [3.05, 3.63) is 0 Å². The average Bonchev–Trinajstić information content (AvgIpc) is 2.36. The number of aliphatic carboxylic acids is 1. The molecule has 4 N–H and O–H groups in total. The van der Waals surface area contributed by atoms with Crippen LogP contribution in [-0.4, -0.2) is 59.3 Å². The van der Waals surface area contributed by atoms with E-state index in [-0.39, 0.29) is 0 Å². The fourth-order valence-corrected chi connectivity index (χ4v) is 1.85. The minimum absolute atomic E-state index is 0.421. The molecule has 0 aromatic rings. The summed E-state index contributed by atoms with van der Waals surface area (Å²) in [5.41, 5.74) is -1.12. The van der Waals surface area contributed by atoms with Crippen molar-refractivity contribution in [2.45, 2.75) is 57.4 Å². The summed E-state index contributed by atoms with van der Waals surface area (Å²) in [4.78, 5) is 20.3. The van der Waals surface area contributed by atoms with Crippen LogP contribution in [0.4, 0.5) is 18.0 Å². The van der Waals surface area contributed by atoms with Crippen molar-refractivity contribution < 1.29 is 37.7 Å². The first-order chi connectivity index (χ1) is 10.8. The van der Waals surface area contributed by atoms with Gasteiger partial charge in [-0.2, -0.15) is 13.2 Å². The Morgan fingerprint density at radius 2 is 1.67 bits per heavy atom. The quantitative estimate of drug-likeness (QED) is 0.611. The molecule has 1 amide bonds. The molecule has 0 aromatic heterocycles. The Morgan fingerprint density at radius 1 is 1.21 bits per heavy atom. The Labute approximate surface area is 138 Å². The molecule has 7 nitrogen and oxygen atoms in total. The maximum absolute atomic E-state index is 11.4. The third kappa shape index (κ3) is 11.1. The largest absolute Gasteiger partial charge is 0.490 e. The van der Waals surface area contributed by atoms with Gasteiger partial charge in [0.25, 0.3) is 0 Å². The molecule has 1 aliphatic rings. The number of carbonyl (C=O) groups excluding carboxylic acids is 1. The van der Waals surface area contributed by atoms with Gasteiger partial charge in [0, 0.05) is 6.54 Å². The van der Waals surface area contributed by atoms with Crippen molar-refractivity contribution in [3.63, 3.8) is 0 Å². The number of halogens is 3. The van der Waals surface area contributed by atoms with Gasteiger partial charge in [-0.05, 0) is 53.1 Å². The Morgan fingerprint density at radius 3 is 2.04 bits per heavy atom. The van der Waals surface area contributed by atoms with Gasteiger partial charge >= 0.3 is 18.2 Å². The second-order valence-corrected chi connectivity index (χ2v) is 6.46. The summed E-state index contributed by atoms with van der Waals surface area (Å²) < 4.78 is 36.9.